The third kappa shape index (κ3) is 3.66. The second-order valence-electron chi connectivity index (χ2n) is 11.1. The normalized spacial score (nSPS) is 31.1. The maximum absolute atomic E-state index is 13.3. The predicted molar refractivity (Wildman–Crippen MR) is 139 cm³/mol. The smallest absolute Gasteiger partial charge is 0.416 e. The number of piperidine rings is 1. The molecule has 0 radical (unpaired) electrons. The molecule has 4 aliphatic rings. The van der Waals surface area contributed by atoms with E-state index in [-0.39, 0.29) is 23.3 Å². The third-order valence-electron chi connectivity index (χ3n) is 9.38. The Hall–Kier alpha value is -3.30. The standard InChI is InChI=1S/C30H31F3N2O4/c1-3-14-35-15-13-28-25-19-8-9-22(36)26(25)39-27(28)21(11-12-29(28,38)23(35)17-19)34(2)24(37)10-7-18-5-4-6-20(16-18)30(31,32)33/h3-10,16,21,23,27,36,38H,1,11-15,17H2,2H3/t21-,23+,27-,28-,29+/m0/s1. The molecule has 2 aromatic carbocycles. The highest BCUT2D eigenvalue weighted by Crippen LogP contribution is 2.65. The summed E-state index contributed by atoms with van der Waals surface area (Å²) in [6.45, 7) is 5.26. The topological polar surface area (TPSA) is 73.2 Å². The summed E-state index contributed by atoms with van der Waals surface area (Å²) in [6, 6.07) is 7.79. The zero-order valence-corrected chi connectivity index (χ0v) is 21.6. The van der Waals surface area contributed by atoms with E-state index in [9.17, 15) is 28.2 Å². The molecule has 6 rings (SSSR count). The van der Waals surface area contributed by atoms with Crippen molar-refractivity contribution in [1.82, 2.24) is 9.80 Å². The molecule has 9 heteroatoms. The second-order valence-corrected chi connectivity index (χ2v) is 11.1. The summed E-state index contributed by atoms with van der Waals surface area (Å²) in [5, 5.41) is 23.2. The van der Waals surface area contributed by atoms with Crippen LogP contribution in [0.2, 0.25) is 0 Å². The summed E-state index contributed by atoms with van der Waals surface area (Å²) in [7, 11) is 1.66. The van der Waals surface area contributed by atoms with Crippen molar-refractivity contribution in [1.29, 1.82) is 0 Å². The summed E-state index contributed by atoms with van der Waals surface area (Å²) >= 11 is 0. The number of aliphatic hydroxyl groups is 1. The Kier molecular flexibility index (Phi) is 5.89. The first-order chi connectivity index (χ1) is 18.5. The molecule has 6 nitrogen and oxygen atoms in total. The first kappa shape index (κ1) is 26.0. The number of halogens is 3. The van der Waals surface area contributed by atoms with Crippen molar-refractivity contribution in [3.63, 3.8) is 0 Å². The number of likely N-dealkylation sites (tertiary alicyclic amines) is 1. The number of amides is 1. The number of hydrogen-bond acceptors (Lipinski definition) is 5. The number of carbonyl (C=O) groups is 1. The first-order valence-electron chi connectivity index (χ1n) is 13.2. The molecule has 2 aliphatic heterocycles. The number of aromatic hydroxyl groups is 1. The summed E-state index contributed by atoms with van der Waals surface area (Å²) < 4.78 is 45.8. The van der Waals surface area contributed by atoms with Gasteiger partial charge in [-0.05, 0) is 67.6 Å². The van der Waals surface area contributed by atoms with Crippen molar-refractivity contribution in [3.8, 4) is 11.5 Å². The number of carbonyl (C=O) groups excluding carboxylic acids is 1. The van der Waals surface area contributed by atoms with Gasteiger partial charge >= 0.3 is 6.18 Å². The monoisotopic (exact) mass is 540 g/mol. The Balaban J connectivity index is 1.34. The van der Waals surface area contributed by atoms with Crippen molar-refractivity contribution >= 4 is 12.0 Å². The zero-order chi connectivity index (χ0) is 27.7. The van der Waals surface area contributed by atoms with Crippen LogP contribution in [0, 0.1) is 0 Å². The minimum absolute atomic E-state index is 0.0176. The lowest BCUT2D eigenvalue weighted by molar-refractivity contribution is -0.198. The molecule has 1 saturated carbocycles. The summed E-state index contributed by atoms with van der Waals surface area (Å²) in [6.07, 6.45) is 1.59. The molecule has 2 aliphatic carbocycles. The van der Waals surface area contributed by atoms with Crippen LogP contribution in [0.5, 0.6) is 11.5 Å². The highest BCUT2D eigenvalue weighted by atomic mass is 19.4. The second kappa shape index (κ2) is 8.86. The van der Waals surface area contributed by atoms with E-state index >= 15 is 0 Å². The lowest BCUT2D eigenvalue weighted by Gasteiger charge is -2.64. The van der Waals surface area contributed by atoms with E-state index in [0.717, 1.165) is 23.3 Å². The van der Waals surface area contributed by atoms with E-state index in [1.54, 1.807) is 18.0 Å². The Morgan fingerprint density at radius 3 is 2.82 bits per heavy atom. The van der Waals surface area contributed by atoms with Gasteiger partial charge in [-0.3, -0.25) is 9.69 Å². The molecule has 2 fully saturated rings. The molecule has 2 aromatic rings. The number of likely N-dealkylation sites (N-methyl/N-ethyl adjacent to an activating group) is 1. The van der Waals surface area contributed by atoms with Crippen LogP contribution < -0.4 is 4.74 Å². The maximum atomic E-state index is 13.3. The SMILES string of the molecule is C=CCN1CC[C@]23c4c5ccc(O)c4O[C@H]2[C@@H](N(C)C(=O)C=Cc2cccc(C(F)(F)F)c2)CC[C@@]3(O)[C@H]1C5. The summed E-state index contributed by atoms with van der Waals surface area (Å²) in [4.78, 5) is 17.1. The van der Waals surface area contributed by atoms with Gasteiger partial charge in [-0.15, -0.1) is 6.58 Å². The number of alkyl halides is 3. The van der Waals surface area contributed by atoms with Crippen LogP contribution in [0.1, 0.15) is 41.5 Å². The van der Waals surface area contributed by atoms with Crippen molar-refractivity contribution in [2.45, 2.75) is 61.1 Å². The van der Waals surface area contributed by atoms with Crippen molar-refractivity contribution < 1.29 is 32.9 Å². The van der Waals surface area contributed by atoms with Crippen LogP contribution in [-0.4, -0.2) is 69.8 Å². The van der Waals surface area contributed by atoms with Crippen molar-refractivity contribution in [3.05, 3.63) is 77.4 Å². The Bertz CT molecular complexity index is 1370. The van der Waals surface area contributed by atoms with E-state index in [4.69, 9.17) is 4.74 Å². The van der Waals surface area contributed by atoms with Gasteiger partial charge in [-0.1, -0.05) is 24.3 Å². The lowest BCUT2D eigenvalue weighted by atomic mass is 9.48. The van der Waals surface area contributed by atoms with Crippen molar-refractivity contribution in [2.24, 2.45) is 0 Å². The van der Waals surface area contributed by atoms with Gasteiger partial charge in [0.25, 0.3) is 0 Å². The summed E-state index contributed by atoms with van der Waals surface area (Å²) in [5.41, 5.74) is -0.522. The van der Waals surface area contributed by atoms with Gasteiger partial charge in [0.1, 0.15) is 6.10 Å². The number of ether oxygens (including phenoxy) is 1. The molecule has 0 unspecified atom stereocenters. The van der Waals surface area contributed by atoms with Crippen LogP contribution >= 0.6 is 0 Å². The van der Waals surface area contributed by atoms with E-state index < -0.39 is 34.9 Å². The minimum atomic E-state index is -4.47. The Morgan fingerprint density at radius 1 is 1.28 bits per heavy atom. The zero-order valence-electron chi connectivity index (χ0n) is 21.6. The highest BCUT2D eigenvalue weighted by Gasteiger charge is 2.73. The highest BCUT2D eigenvalue weighted by molar-refractivity contribution is 5.92. The van der Waals surface area contributed by atoms with Gasteiger partial charge in [-0.25, -0.2) is 0 Å². The molecule has 2 N–H and O–H groups in total. The molecular formula is C30H31F3N2O4. The van der Waals surface area contributed by atoms with Gasteiger partial charge in [0, 0.05) is 31.3 Å². The van der Waals surface area contributed by atoms with Crippen LogP contribution in [0.3, 0.4) is 0 Å². The van der Waals surface area contributed by atoms with Gasteiger partial charge < -0.3 is 19.8 Å². The fourth-order valence-corrected chi connectivity index (χ4v) is 7.65. The number of benzene rings is 2. The van der Waals surface area contributed by atoms with Crippen LogP contribution in [0.15, 0.2) is 55.1 Å². The number of hydrogen-bond donors (Lipinski definition) is 2. The fourth-order valence-electron chi connectivity index (χ4n) is 7.65. The molecule has 5 atom stereocenters. The number of phenolic OH excluding ortho intramolecular Hbond substituents is 1. The van der Waals surface area contributed by atoms with Gasteiger partial charge in [0.2, 0.25) is 5.91 Å². The fraction of sp³-hybridized carbons (Fsp3) is 0.433. The Morgan fingerprint density at radius 2 is 2.08 bits per heavy atom. The van der Waals surface area contributed by atoms with Gasteiger partial charge in [0.15, 0.2) is 11.5 Å². The molecule has 206 valence electrons. The molecule has 1 saturated heterocycles. The predicted octanol–water partition coefficient (Wildman–Crippen LogP) is 4.29. The van der Waals surface area contributed by atoms with Crippen LogP contribution in [0.25, 0.3) is 6.08 Å². The molecule has 2 bridgehead atoms. The van der Waals surface area contributed by atoms with Crippen molar-refractivity contribution in [2.75, 3.05) is 20.1 Å². The average molecular weight is 541 g/mol. The number of phenols is 1. The first-order valence-corrected chi connectivity index (χ1v) is 13.2. The third-order valence-corrected chi connectivity index (χ3v) is 9.38. The van der Waals surface area contributed by atoms with Crippen LogP contribution in [0.4, 0.5) is 13.2 Å². The lowest BCUT2D eigenvalue weighted by Crippen LogP contribution is -2.78. The number of rotatable bonds is 5. The van der Waals surface area contributed by atoms with Gasteiger partial charge in [0.05, 0.1) is 22.6 Å². The number of nitrogens with zero attached hydrogens (tertiary/aromatic N) is 2. The molecule has 39 heavy (non-hydrogen) atoms. The van der Waals surface area contributed by atoms with E-state index in [0.29, 0.717) is 44.5 Å². The molecule has 2 heterocycles. The molecule has 1 amide bonds. The van der Waals surface area contributed by atoms with Crippen LogP contribution in [-0.2, 0) is 22.8 Å². The van der Waals surface area contributed by atoms with E-state index in [1.165, 1.54) is 24.3 Å². The minimum Gasteiger partial charge on any atom is -0.504 e. The average Bonchev–Trinajstić information content (AvgIpc) is 3.25. The summed E-state index contributed by atoms with van der Waals surface area (Å²) in [5.74, 6) is 0.0301. The largest absolute Gasteiger partial charge is 0.504 e. The quantitative estimate of drug-likeness (QED) is 0.437. The van der Waals surface area contributed by atoms with Gasteiger partial charge in [-0.2, -0.15) is 13.2 Å². The van der Waals surface area contributed by atoms with E-state index in [2.05, 4.69) is 11.5 Å². The molecular weight excluding hydrogens is 509 g/mol. The maximum Gasteiger partial charge on any atom is 0.416 e. The Labute approximate surface area is 225 Å². The van der Waals surface area contributed by atoms with E-state index in [1.807, 2.05) is 12.1 Å². The molecule has 1 spiro atoms. The molecule has 0 aromatic heterocycles.